The second-order valence-corrected chi connectivity index (χ2v) is 21.3. The second kappa shape index (κ2) is 14.0. The van der Waals surface area contributed by atoms with Crippen LogP contribution in [-0.2, 0) is 23.7 Å². The summed E-state index contributed by atoms with van der Waals surface area (Å²) in [5.41, 5.74) is 18.2. The Morgan fingerprint density at radius 3 is 1.89 bits per heavy atom. The average molecular weight is 827 g/mol. The normalized spacial score (nSPS) is 13.6. The van der Waals surface area contributed by atoms with E-state index in [4.69, 9.17) is 0 Å². The lowest BCUT2D eigenvalue weighted by Crippen LogP contribution is -2.60. The fraction of sp³-hybridized carbons (Fsp3) is 0.214. The lowest BCUT2D eigenvalue weighted by atomic mass is 9.36. The molecule has 0 spiro atoms. The Bertz CT molecular complexity index is 3210. The van der Waals surface area contributed by atoms with Crippen LogP contribution < -0.4 is 25.5 Å². The number of anilines is 6. The van der Waals surface area contributed by atoms with E-state index in [0.717, 1.165) is 12.8 Å². The molecule has 0 radical (unpaired) electrons. The summed E-state index contributed by atoms with van der Waals surface area (Å²) >= 11 is 3.87. The predicted molar refractivity (Wildman–Crippen MR) is 270 cm³/mol. The molecule has 0 unspecified atom stereocenters. The van der Waals surface area contributed by atoms with Gasteiger partial charge in [0.15, 0.2) is 0 Å². The van der Waals surface area contributed by atoms with Gasteiger partial charge in [-0.15, -0.1) is 22.7 Å². The Balaban J connectivity index is 1.21. The van der Waals surface area contributed by atoms with Crippen molar-refractivity contribution in [2.45, 2.75) is 79.1 Å². The van der Waals surface area contributed by atoms with Crippen molar-refractivity contribution in [3.63, 3.8) is 0 Å². The summed E-state index contributed by atoms with van der Waals surface area (Å²) in [7, 11) is 0. The molecule has 0 saturated heterocycles. The quantitative estimate of drug-likeness (QED) is 0.160. The van der Waals surface area contributed by atoms with Crippen LogP contribution in [0.2, 0.25) is 0 Å². The van der Waals surface area contributed by atoms with E-state index in [9.17, 15) is 0 Å². The number of nitrogens with zero attached hydrogens (tertiary/aromatic N) is 2. The summed E-state index contributed by atoms with van der Waals surface area (Å²) in [4.78, 5) is 5.21. The van der Waals surface area contributed by atoms with Crippen LogP contribution in [0.5, 0.6) is 0 Å². The molecule has 2 aliphatic heterocycles. The fourth-order valence-corrected chi connectivity index (χ4v) is 12.3. The van der Waals surface area contributed by atoms with Crippen LogP contribution in [0.4, 0.5) is 34.1 Å². The number of aryl methyl sites for hydroxylation is 2. The third-order valence-corrected chi connectivity index (χ3v) is 15.7. The molecule has 0 amide bonds. The summed E-state index contributed by atoms with van der Waals surface area (Å²) in [6.45, 7) is 18.6. The zero-order chi connectivity index (χ0) is 41.9. The van der Waals surface area contributed by atoms with Crippen LogP contribution in [-0.4, -0.2) is 6.71 Å². The largest absolute Gasteiger partial charge is 0.311 e. The Labute approximate surface area is 369 Å². The van der Waals surface area contributed by atoms with Crippen molar-refractivity contribution in [3.05, 3.63) is 162 Å². The average Bonchev–Trinajstić information content (AvgIpc) is 3.83. The number of hydrogen-bond acceptors (Lipinski definition) is 4. The predicted octanol–water partition coefficient (Wildman–Crippen LogP) is 14.7. The van der Waals surface area contributed by atoms with Crippen molar-refractivity contribution >= 4 is 109 Å². The first kappa shape index (κ1) is 38.3. The van der Waals surface area contributed by atoms with Gasteiger partial charge < -0.3 is 9.80 Å². The van der Waals surface area contributed by atoms with Crippen LogP contribution >= 0.6 is 22.7 Å². The van der Waals surface area contributed by atoms with Crippen molar-refractivity contribution < 1.29 is 0 Å². The first-order valence-electron chi connectivity index (χ1n) is 22.0. The number of hydrogen-bond donors (Lipinski definition) is 0. The van der Waals surface area contributed by atoms with E-state index in [1.807, 2.05) is 22.7 Å². The van der Waals surface area contributed by atoms with E-state index in [-0.39, 0.29) is 17.5 Å². The number of thiophene rings is 2. The molecule has 0 fully saturated rings. The van der Waals surface area contributed by atoms with E-state index in [1.54, 1.807) is 0 Å². The molecule has 4 heterocycles. The van der Waals surface area contributed by atoms with Gasteiger partial charge in [0.25, 0.3) is 6.71 Å². The topological polar surface area (TPSA) is 6.48 Å². The van der Waals surface area contributed by atoms with Gasteiger partial charge in [-0.1, -0.05) is 122 Å². The molecule has 2 aromatic heterocycles. The highest BCUT2D eigenvalue weighted by atomic mass is 32.1. The van der Waals surface area contributed by atoms with Crippen molar-refractivity contribution in [1.29, 1.82) is 0 Å². The first-order chi connectivity index (χ1) is 29.4. The zero-order valence-electron chi connectivity index (χ0n) is 36.5. The molecule has 0 atom stereocenters. The molecule has 0 N–H and O–H groups in total. The van der Waals surface area contributed by atoms with Crippen LogP contribution in [0.25, 0.3) is 41.4 Å². The lowest BCUT2D eigenvalue weighted by molar-refractivity contribution is 0.590. The summed E-state index contributed by atoms with van der Waals surface area (Å²) in [5.74, 6) is 0. The van der Waals surface area contributed by atoms with Gasteiger partial charge in [-0.3, -0.25) is 0 Å². The van der Waals surface area contributed by atoms with Gasteiger partial charge in [-0.2, -0.15) is 0 Å². The van der Waals surface area contributed by atoms with Crippen LogP contribution in [0, 0.1) is 0 Å². The number of rotatable bonds is 5. The van der Waals surface area contributed by atoms with Gasteiger partial charge in [0.2, 0.25) is 0 Å². The summed E-state index contributed by atoms with van der Waals surface area (Å²) < 4.78 is 5.43. The highest BCUT2D eigenvalue weighted by molar-refractivity contribution is 7.33. The van der Waals surface area contributed by atoms with Crippen molar-refractivity contribution in [2.24, 2.45) is 0 Å². The van der Waals surface area contributed by atoms with E-state index >= 15 is 0 Å². The maximum atomic E-state index is 2.61. The maximum absolute atomic E-state index is 2.61. The van der Waals surface area contributed by atoms with E-state index < -0.39 is 0 Å². The number of fused-ring (bicyclic) bond motifs is 9. The molecular formula is C56H51BN2S2. The summed E-state index contributed by atoms with van der Waals surface area (Å²) in [6, 6.07) is 54.2. The van der Waals surface area contributed by atoms with Crippen LogP contribution in [0.15, 0.2) is 140 Å². The lowest BCUT2D eigenvalue weighted by Gasteiger charge is -2.43. The standard InChI is InChI=1S/C56H51BN2S2/c1-9-34-18-24-39(25-19-34)58-47-15-13-16-48-52(47)57(54-53(58)43-33-38(56(6,7)8)23-29-51(43)61-54)44-30-35(10-2)20-26-46(44)59(48)45-27-22-37(55(3,4)5)32-41(45)36-21-28-50-42(31-36)40-14-11-12-17-49(40)60-50/h11-33H,9-10H2,1-8H3. The molecule has 2 nitrogen and oxygen atoms in total. The van der Waals surface area contributed by atoms with E-state index in [0.29, 0.717) is 0 Å². The summed E-state index contributed by atoms with van der Waals surface area (Å²) in [6.07, 6.45) is 2.00. The third-order valence-electron chi connectivity index (χ3n) is 13.3. The number of benzene rings is 7. The molecule has 2 aliphatic rings. The third kappa shape index (κ3) is 6.03. The molecule has 5 heteroatoms. The summed E-state index contributed by atoms with van der Waals surface area (Å²) in [5, 5.41) is 4.00. The van der Waals surface area contributed by atoms with Gasteiger partial charge in [-0.05, 0) is 135 Å². The monoisotopic (exact) mass is 826 g/mol. The molecule has 7 aromatic carbocycles. The van der Waals surface area contributed by atoms with Crippen LogP contribution in [0.3, 0.4) is 0 Å². The smallest absolute Gasteiger partial charge is 0.264 e. The minimum absolute atomic E-state index is 0.0163. The molecule has 0 bridgehead atoms. The second-order valence-electron chi connectivity index (χ2n) is 19.1. The van der Waals surface area contributed by atoms with Gasteiger partial charge in [0.1, 0.15) is 0 Å². The van der Waals surface area contributed by atoms with Gasteiger partial charge in [0.05, 0.1) is 11.4 Å². The van der Waals surface area contributed by atoms with E-state index in [1.165, 1.54) is 113 Å². The highest BCUT2D eigenvalue weighted by Gasteiger charge is 2.45. The first-order valence-corrected chi connectivity index (χ1v) is 23.6. The van der Waals surface area contributed by atoms with Crippen molar-refractivity contribution in [3.8, 4) is 11.1 Å². The Kier molecular flexibility index (Phi) is 8.77. The highest BCUT2D eigenvalue weighted by Crippen LogP contribution is 2.50. The maximum Gasteiger partial charge on any atom is 0.264 e. The van der Waals surface area contributed by atoms with Crippen LogP contribution in [0.1, 0.15) is 77.6 Å². The molecule has 300 valence electrons. The van der Waals surface area contributed by atoms with Crippen molar-refractivity contribution in [2.75, 3.05) is 9.80 Å². The molecule has 0 aliphatic carbocycles. The molecule has 61 heavy (non-hydrogen) atoms. The fourth-order valence-electron chi connectivity index (χ4n) is 9.89. The Morgan fingerprint density at radius 1 is 0.492 bits per heavy atom. The van der Waals surface area contributed by atoms with Gasteiger partial charge >= 0.3 is 0 Å². The molecule has 0 saturated carbocycles. The zero-order valence-corrected chi connectivity index (χ0v) is 38.1. The minimum atomic E-state index is -0.0163. The molecule has 11 rings (SSSR count). The van der Waals surface area contributed by atoms with Crippen molar-refractivity contribution in [1.82, 2.24) is 0 Å². The van der Waals surface area contributed by atoms with E-state index in [2.05, 4.69) is 205 Å². The molecule has 9 aromatic rings. The minimum Gasteiger partial charge on any atom is -0.311 e. The van der Waals surface area contributed by atoms with Gasteiger partial charge in [0, 0.05) is 63.3 Å². The van der Waals surface area contributed by atoms with Gasteiger partial charge in [-0.25, -0.2) is 0 Å². The Morgan fingerprint density at radius 2 is 1.13 bits per heavy atom. The molecular weight excluding hydrogens is 776 g/mol. The SMILES string of the molecule is CCc1ccc(N2c3cccc4c3B(c3cc(CC)ccc3N4c3ccc(C(C)(C)C)cc3-c3ccc4sc5ccccc5c4c3)c3sc4ccc(C(C)(C)C)cc4c32)cc1. The Hall–Kier alpha value is -5.62.